The molecule has 1 rings (SSSR count). The monoisotopic (exact) mass is 299 g/mol. The molecule has 1 heterocycles. The second kappa shape index (κ2) is 6.89. The summed E-state index contributed by atoms with van der Waals surface area (Å²) in [5.74, 6) is -1.67. The standard InChI is InChI=1S/C11H16F3NO5/c1-7(20-6-11(12,13)14)10(18)15-2-3-19-8(5-15)4-9(16)17/h7-8H,2-6H2,1H3,(H,16,17). The minimum absolute atomic E-state index is 0.0326. The first-order chi connectivity index (χ1) is 9.19. The summed E-state index contributed by atoms with van der Waals surface area (Å²) in [6.07, 6.45) is -6.65. The predicted molar refractivity (Wildman–Crippen MR) is 60.0 cm³/mol. The van der Waals surface area contributed by atoms with Gasteiger partial charge in [0.25, 0.3) is 5.91 Å². The van der Waals surface area contributed by atoms with Crippen molar-refractivity contribution in [3.05, 3.63) is 0 Å². The fourth-order valence-electron chi connectivity index (χ4n) is 1.79. The maximum absolute atomic E-state index is 12.0. The summed E-state index contributed by atoms with van der Waals surface area (Å²) in [5, 5.41) is 8.64. The second-order valence-corrected chi connectivity index (χ2v) is 4.44. The second-order valence-electron chi connectivity index (χ2n) is 4.44. The topological polar surface area (TPSA) is 76.1 Å². The molecule has 1 fully saturated rings. The molecule has 116 valence electrons. The first-order valence-corrected chi connectivity index (χ1v) is 5.99. The number of carbonyl (C=O) groups is 2. The SMILES string of the molecule is CC(OCC(F)(F)F)C(=O)N1CCOC(CC(=O)O)C1. The van der Waals surface area contributed by atoms with Crippen molar-refractivity contribution in [2.45, 2.75) is 31.7 Å². The highest BCUT2D eigenvalue weighted by Gasteiger charge is 2.33. The summed E-state index contributed by atoms with van der Waals surface area (Å²) in [4.78, 5) is 23.7. The summed E-state index contributed by atoms with van der Waals surface area (Å²) in [7, 11) is 0. The van der Waals surface area contributed by atoms with E-state index in [0.717, 1.165) is 0 Å². The van der Waals surface area contributed by atoms with Gasteiger partial charge in [0, 0.05) is 13.1 Å². The average Bonchev–Trinajstić information content (AvgIpc) is 2.33. The van der Waals surface area contributed by atoms with Crippen LogP contribution in [-0.2, 0) is 19.1 Å². The van der Waals surface area contributed by atoms with Crippen molar-refractivity contribution in [3.8, 4) is 0 Å². The molecule has 1 aliphatic rings. The van der Waals surface area contributed by atoms with E-state index in [9.17, 15) is 22.8 Å². The lowest BCUT2D eigenvalue weighted by molar-refractivity contribution is -0.190. The van der Waals surface area contributed by atoms with Gasteiger partial charge in [-0.25, -0.2) is 0 Å². The Balaban J connectivity index is 2.47. The summed E-state index contributed by atoms with van der Waals surface area (Å²) < 4.78 is 45.6. The molecule has 0 radical (unpaired) electrons. The number of alkyl halides is 3. The van der Waals surface area contributed by atoms with E-state index in [1.807, 2.05) is 0 Å². The van der Waals surface area contributed by atoms with Crippen LogP contribution in [-0.4, -0.2) is 66.6 Å². The molecule has 1 saturated heterocycles. The van der Waals surface area contributed by atoms with Gasteiger partial charge >= 0.3 is 12.1 Å². The van der Waals surface area contributed by atoms with Crippen molar-refractivity contribution < 1.29 is 37.3 Å². The zero-order valence-corrected chi connectivity index (χ0v) is 10.9. The van der Waals surface area contributed by atoms with Crippen LogP contribution >= 0.6 is 0 Å². The molecular formula is C11H16F3NO5. The molecule has 2 atom stereocenters. The third-order valence-corrected chi connectivity index (χ3v) is 2.70. The Hall–Kier alpha value is -1.35. The lowest BCUT2D eigenvalue weighted by Crippen LogP contribution is -2.50. The largest absolute Gasteiger partial charge is 0.481 e. The van der Waals surface area contributed by atoms with E-state index in [0.29, 0.717) is 0 Å². The van der Waals surface area contributed by atoms with Crippen LogP contribution in [0.4, 0.5) is 13.2 Å². The molecule has 1 aliphatic heterocycles. The Labute approximate surface area is 113 Å². The van der Waals surface area contributed by atoms with Gasteiger partial charge in [-0.3, -0.25) is 9.59 Å². The van der Waals surface area contributed by atoms with Gasteiger partial charge in [-0.2, -0.15) is 13.2 Å². The molecule has 1 amide bonds. The van der Waals surface area contributed by atoms with Gasteiger partial charge in [0.1, 0.15) is 12.7 Å². The summed E-state index contributed by atoms with van der Waals surface area (Å²) in [6.45, 7) is 0.119. The van der Waals surface area contributed by atoms with Gasteiger partial charge in [0.05, 0.1) is 19.1 Å². The first-order valence-electron chi connectivity index (χ1n) is 5.99. The van der Waals surface area contributed by atoms with Crippen LogP contribution in [0.3, 0.4) is 0 Å². The molecule has 0 aliphatic carbocycles. The smallest absolute Gasteiger partial charge is 0.411 e. The zero-order valence-electron chi connectivity index (χ0n) is 10.9. The quantitative estimate of drug-likeness (QED) is 0.807. The van der Waals surface area contributed by atoms with Gasteiger partial charge in [0.2, 0.25) is 0 Å². The van der Waals surface area contributed by atoms with Crippen LogP contribution in [0.25, 0.3) is 0 Å². The number of amides is 1. The summed E-state index contributed by atoms with van der Waals surface area (Å²) in [6, 6.07) is 0. The highest BCUT2D eigenvalue weighted by Crippen LogP contribution is 2.17. The van der Waals surface area contributed by atoms with Crippen molar-refractivity contribution in [2.24, 2.45) is 0 Å². The highest BCUT2D eigenvalue weighted by atomic mass is 19.4. The molecule has 2 unspecified atom stereocenters. The zero-order chi connectivity index (χ0) is 15.3. The minimum Gasteiger partial charge on any atom is -0.481 e. The Bertz CT molecular complexity index is 360. The number of hydrogen-bond donors (Lipinski definition) is 1. The van der Waals surface area contributed by atoms with E-state index in [-0.39, 0.29) is 26.1 Å². The van der Waals surface area contributed by atoms with E-state index in [4.69, 9.17) is 9.84 Å². The van der Waals surface area contributed by atoms with Gasteiger partial charge in [-0.15, -0.1) is 0 Å². The molecule has 9 heteroatoms. The number of nitrogens with zero attached hydrogens (tertiary/aromatic N) is 1. The van der Waals surface area contributed by atoms with Crippen LogP contribution in [0.1, 0.15) is 13.3 Å². The van der Waals surface area contributed by atoms with E-state index in [1.54, 1.807) is 0 Å². The lowest BCUT2D eigenvalue weighted by Gasteiger charge is -2.33. The summed E-state index contributed by atoms with van der Waals surface area (Å²) in [5.41, 5.74) is 0. The van der Waals surface area contributed by atoms with Crippen LogP contribution in [0.2, 0.25) is 0 Å². The van der Waals surface area contributed by atoms with E-state index < -0.39 is 36.9 Å². The predicted octanol–water partition coefficient (Wildman–Crippen LogP) is 0.656. The molecule has 0 aromatic heterocycles. The van der Waals surface area contributed by atoms with Crippen molar-refractivity contribution >= 4 is 11.9 Å². The summed E-state index contributed by atoms with van der Waals surface area (Å²) >= 11 is 0. The fourth-order valence-corrected chi connectivity index (χ4v) is 1.79. The lowest BCUT2D eigenvalue weighted by atomic mass is 10.2. The number of hydrogen-bond acceptors (Lipinski definition) is 4. The Kier molecular flexibility index (Phi) is 5.75. The number of halogens is 3. The number of carboxylic acid groups (broad SMARTS) is 1. The molecule has 20 heavy (non-hydrogen) atoms. The number of rotatable bonds is 5. The van der Waals surface area contributed by atoms with E-state index in [2.05, 4.69) is 4.74 Å². The molecular weight excluding hydrogens is 283 g/mol. The molecule has 1 N–H and O–H groups in total. The van der Waals surface area contributed by atoms with Crippen LogP contribution < -0.4 is 0 Å². The number of carboxylic acids is 1. The molecule has 6 nitrogen and oxygen atoms in total. The Morgan fingerprint density at radius 1 is 1.50 bits per heavy atom. The van der Waals surface area contributed by atoms with Crippen molar-refractivity contribution in [1.82, 2.24) is 4.90 Å². The minimum atomic E-state index is -4.49. The Morgan fingerprint density at radius 2 is 2.15 bits per heavy atom. The molecule has 0 spiro atoms. The van der Waals surface area contributed by atoms with Crippen LogP contribution in [0, 0.1) is 0 Å². The third kappa shape index (κ3) is 5.74. The van der Waals surface area contributed by atoms with Crippen LogP contribution in [0.15, 0.2) is 0 Å². The Morgan fingerprint density at radius 3 is 2.70 bits per heavy atom. The van der Waals surface area contributed by atoms with Gasteiger partial charge in [-0.1, -0.05) is 0 Å². The average molecular weight is 299 g/mol. The van der Waals surface area contributed by atoms with Crippen molar-refractivity contribution in [2.75, 3.05) is 26.3 Å². The third-order valence-electron chi connectivity index (χ3n) is 2.70. The fraction of sp³-hybridized carbons (Fsp3) is 0.818. The van der Waals surface area contributed by atoms with Crippen molar-refractivity contribution in [3.63, 3.8) is 0 Å². The maximum Gasteiger partial charge on any atom is 0.411 e. The van der Waals surface area contributed by atoms with Crippen molar-refractivity contribution in [1.29, 1.82) is 0 Å². The normalized spacial score (nSPS) is 21.6. The van der Waals surface area contributed by atoms with Gasteiger partial charge in [0.15, 0.2) is 0 Å². The van der Waals surface area contributed by atoms with Crippen LogP contribution in [0.5, 0.6) is 0 Å². The van der Waals surface area contributed by atoms with Gasteiger partial charge < -0.3 is 19.5 Å². The number of morpholine rings is 1. The van der Waals surface area contributed by atoms with E-state index >= 15 is 0 Å². The number of ether oxygens (including phenoxy) is 2. The van der Waals surface area contributed by atoms with Gasteiger partial charge in [-0.05, 0) is 6.92 Å². The highest BCUT2D eigenvalue weighted by molar-refractivity contribution is 5.80. The number of aliphatic carboxylic acids is 1. The number of carbonyl (C=O) groups excluding carboxylic acids is 1. The first kappa shape index (κ1) is 16.7. The van der Waals surface area contributed by atoms with E-state index in [1.165, 1.54) is 11.8 Å². The molecule has 0 aromatic rings. The molecule has 0 bridgehead atoms. The molecule has 0 aromatic carbocycles. The maximum atomic E-state index is 12.0. The molecule has 0 saturated carbocycles.